The van der Waals surface area contributed by atoms with E-state index in [9.17, 15) is 4.79 Å². The minimum atomic E-state index is 0.0165. The van der Waals surface area contributed by atoms with Crippen LogP contribution in [0.25, 0.3) is 21.5 Å². The summed E-state index contributed by atoms with van der Waals surface area (Å²) in [5.41, 5.74) is 3.79. The molecule has 4 rings (SSSR count). The molecule has 0 bridgehead atoms. The minimum absolute atomic E-state index is 0.0165. The summed E-state index contributed by atoms with van der Waals surface area (Å²) in [4.78, 5) is 28.5. The van der Waals surface area contributed by atoms with Crippen molar-refractivity contribution in [3.63, 3.8) is 0 Å². The molecule has 0 atom stereocenters. The summed E-state index contributed by atoms with van der Waals surface area (Å²) in [6.45, 7) is 10.4. The van der Waals surface area contributed by atoms with Gasteiger partial charge in [0.1, 0.15) is 9.71 Å². The molecule has 1 saturated heterocycles. The molecule has 0 aliphatic carbocycles. The Bertz CT molecular complexity index is 1080. The van der Waals surface area contributed by atoms with E-state index < -0.39 is 0 Å². The van der Waals surface area contributed by atoms with Crippen molar-refractivity contribution >= 4 is 39.5 Å². The second-order valence-electron chi connectivity index (χ2n) is 7.52. The third kappa shape index (κ3) is 4.48. The lowest BCUT2D eigenvalue weighted by Crippen LogP contribution is -2.35. The standard InChI is InChI=1S/C24H28N4O2S/c1-4-28(5-2)24(29)22-21(25-16-27-11-13-30-14-12-27)20-17(3)15-19(26-23(20)31-22)18-9-7-6-8-10-18/h6-10,15-16H,4-5,11-14H2,1-3H3. The van der Waals surface area contributed by atoms with Crippen molar-refractivity contribution in [2.75, 3.05) is 39.4 Å². The van der Waals surface area contributed by atoms with Crippen LogP contribution in [0, 0.1) is 6.92 Å². The van der Waals surface area contributed by atoms with Crippen LogP contribution in [0.3, 0.4) is 0 Å². The van der Waals surface area contributed by atoms with Gasteiger partial charge >= 0.3 is 0 Å². The van der Waals surface area contributed by atoms with Gasteiger partial charge in [-0.3, -0.25) is 4.79 Å². The van der Waals surface area contributed by atoms with Gasteiger partial charge in [0.25, 0.3) is 5.91 Å². The van der Waals surface area contributed by atoms with Crippen LogP contribution < -0.4 is 0 Å². The normalized spacial score (nSPS) is 14.5. The van der Waals surface area contributed by atoms with Crippen molar-refractivity contribution in [3.05, 3.63) is 46.8 Å². The van der Waals surface area contributed by atoms with Gasteiger partial charge in [0.15, 0.2) is 0 Å². The molecule has 0 unspecified atom stereocenters. The SMILES string of the molecule is CCN(CC)C(=O)c1sc2nc(-c3ccccc3)cc(C)c2c1N=CN1CCOCC1. The molecule has 0 radical (unpaired) electrons. The molecule has 1 amide bonds. The third-order valence-electron chi connectivity index (χ3n) is 5.54. The van der Waals surface area contributed by atoms with E-state index in [2.05, 4.69) is 30.0 Å². The number of pyridine rings is 1. The molecule has 1 aromatic carbocycles. The largest absolute Gasteiger partial charge is 0.378 e. The van der Waals surface area contributed by atoms with Crippen LogP contribution in [-0.4, -0.2) is 66.4 Å². The Hall–Kier alpha value is -2.77. The molecule has 6 nitrogen and oxygen atoms in total. The average Bonchev–Trinajstić information content (AvgIpc) is 3.18. The molecule has 3 aromatic rings. The number of ether oxygens (including phenoxy) is 1. The summed E-state index contributed by atoms with van der Waals surface area (Å²) in [5.74, 6) is 0.0165. The molecule has 3 heterocycles. The van der Waals surface area contributed by atoms with E-state index in [0.29, 0.717) is 31.2 Å². The van der Waals surface area contributed by atoms with Gasteiger partial charge in [-0.2, -0.15) is 0 Å². The zero-order valence-electron chi connectivity index (χ0n) is 18.3. The maximum Gasteiger partial charge on any atom is 0.266 e. The van der Waals surface area contributed by atoms with Gasteiger partial charge in [-0.05, 0) is 32.4 Å². The van der Waals surface area contributed by atoms with E-state index in [1.165, 1.54) is 11.3 Å². The molecule has 1 fully saturated rings. The highest BCUT2D eigenvalue weighted by Crippen LogP contribution is 2.41. The van der Waals surface area contributed by atoms with Gasteiger partial charge in [0.05, 0.1) is 30.9 Å². The Labute approximate surface area is 187 Å². The van der Waals surface area contributed by atoms with E-state index in [0.717, 1.165) is 45.8 Å². The fraction of sp³-hybridized carbons (Fsp3) is 0.375. The van der Waals surface area contributed by atoms with Crippen LogP contribution in [0.2, 0.25) is 0 Å². The monoisotopic (exact) mass is 436 g/mol. The fourth-order valence-corrected chi connectivity index (χ4v) is 4.94. The van der Waals surface area contributed by atoms with E-state index in [1.807, 2.05) is 43.3 Å². The Kier molecular flexibility index (Phi) is 6.63. The first-order valence-electron chi connectivity index (χ1n) is 10.8. The van der Waals surface area contributed by atoms with Crippen molar-refractivity contribution in [3.8, 4) is 11.3 Å². The van der Waals surface area contributed by atoms with E-state index in [4.69, 9.17) is 14.7 Å². The summed E-state index contributed by atoms with van der Waals surface area (Å²) in [7, 11) is 0. The summed E-state index contributed by atoms with van der Waals surface area (Å²) < 4.78 is 5.43. The number of benzene rings is 1. The Morgan fingerprint density at radius 2 is 1.94 bits per heavy atom. The predicted octanol–water partition coefficient (Wildman–Crippen LogP) is 4.75. The number of hydrogen-bond acceptors (Lipinski definition) is 5. The molecule has 162 valence electrons. The second kappa shape index (κ2) is 9.58. The first kappa shape index (κ1) is 21.5. The van der Waals surface area contributed by atoms with Crippen molar-refractivity contribution in [1.82, 2.24) is 14.8 Å². The van der Waals surface area contributed by atoms with Crippen molar-refractivity contribution in [1.29, 1.82) is 0 Å². The summed E-state index contributed by atoms with van der Waals surface area (Å²) in [6.07, 6.45) is 1.85. The number of aliphatic imine (C=N–C) groups is 1. The average molecular weight is 437 g/mol. The number of morpholine rings is 1. The van der Waals surface area contributed by atoms with E-state index in [1.54, 1.807) is 0 Å². The van der Waals surface area contributed by atoms with E-state index in [-0.39, 0.29) is 5.91 Å². The van der Waals surface area contributed by atoms with Gasteiger partial charge in [-0.15, -0.1) is 11.3 Å². The number of aromatic nitrogens is 1. The number of carbonyl (C=O) groups is 1. The molecule has 0 saturated carbocycles. The molecule has 1 aliphatic heterocycles. The predicted molar refractivity (Wildman–Crippen MR) is 128 cm³/mol. The quantitative estimate of drug-likeness (QED) is 0.413. The first-order valence-corrected chi connectivity index (χ1v) is 11.6. The second-order valence-corrected chi connectivity index (χ2v) is 8.52. The highest BCUT2D eigenvalue weighted by atomic mass is 32.1. The molecular weight excluding hydrogens is 408 g/mol. The Morgan fingerprint density at radius 3 is 2.61 bits per heavy atom. The third-order valence-corrected chi connectivity index (χ3v) is 6.61. The molecule has 2 aromatic heterocycles. The number of nitrogens with zero attached hydrogens (tertiary/aromatic N) is 4. The minimum Gasteiger partial charge on any atom is -0.378 e. The van der Waals surface area contributed by atoms with Crippen LogP contribution in [0.15, 0.2) is 41.4 Å². The highest BCUT2D eigenvalue weighted by molar-refractivity contribution is 7.21. The Morgan fingerprint density at radius 1 is 1.23 bits per heavy atom. The van der Waals surface area contributed by atoms with Crippen LogP contribution in [0.1, 0.15) is 29.1 Å². The van der Waals surface area contributed by atoms with Crippen molar-refractivity contribution in [2.45, 2.75) is 20.8 Å². The lowest BCUT2D eigenvalue weighted by atomic mass is 10.1. The number of hydrogen-bond donors (Lipinski definition) is 0. The summed E-state index contributed by atoms with van der Waals surface area (Å²) in [5, 5.41) is 0.963. The topological polar surface area (TPSA) is 58.0 Å². The van der Waals surface area contributed by atoms with Crippen LogP contribution in [0.5, 0.6) is 0 Å². The van der Waals surface area contributed by atoms with Gasteiger partial charge in [-0.1, -0.05) is 30.3 Å². The zero-order chi connectivity index (χ0) is 21.8. The lowest BCUT2D eigenvalue weighted by Gasteiger charge is -2.24. The van der Waals surface area contributed by atoms with Gasteiger partial charge in [-0.25, -0.2) is 9.98 Å². The summed E-state index contributed by atoms with van der Waals surface area (Å²) in [6, 6.07) is 12.2. The fourth-order valence-electron chi connectivity index (χ4n) is 3.78. The number of rotatable bonds is 6. The molecular formula is C24H28N4O2S. The number of thiophene rings is 1. The molecule has 1 aliphatic rings. The van der Waals surface area contributed by atoms with Crippen molar-refractivity contribution < 1.29 is 9.53 Å². The number of aryl methyl sites for hydroxylation is 1. The van der Waals surface area contributed by atoms with Crippen LogP contribution in [0.4, 0.5) is 5.69 Å². The van der Waals surface area contributed by atoms with Gasteiger partial charge < -0.3 is 14.5 Å². The molecule has 31 heavy (non-hydrogen) atoms. The van der Waals surface area contributed by atoms with Gasteiger partial charge in [0, 0.05) is 37.1 Å². The van der Waals surface area contributed by atoms with E-state index >= 15 is 0 Å². The Balaban J connectivity index is 1.83. The maximum atomic E-state index is 13.3. The van der Waals surface area contributed by atoms with Crippen LogP contribution in [-0.2, 0) is 4.74 Å². The van der Waals surface area contributed by atoms with Gasteiger partial charge in [0.2, 0.25) is 0 Å². The zero-order valence-corrected chi connectivity index (χ0v) is 19.1. The van der Waals surface area contributed by atoms with Crippen molar-refractivity contribution in [2.24, 2.45) is 4.99 Å². The smallest absolute Gasteiger partial charge is 0.266 e. The van der Waals surface area contributed by atoms with Crippen LogP contribution >= 0.6 is 11.3 Å². The first-order chi connectivity index (χ1) is 15.1. The lowest BCUT2D eigenvalue weighted by molar-refractivity contribution is 0.0700. The highest BCUT2D eigenvalue weighted by Gasteiger charge is 2.24. The molecule has 0 N–H and O–H groups in total. The molecule has 7 heteroatoms. The number of amides is 1. The summed E-state index contributed by atoms with van der Waals surface area (Å²) >= 11 is 1.44. The maximum absolute atomic E-state index is 13.3. The number of carbonyl (C=O) groups excluding carboxylic acids is 1. The molecule has 0 spiro atoms. The number of fused-ring (bicyclic) bond motifs is 1.